The van der Waals surface area contributed by atoms with Gasteiger partial charge in [-0.1, -0.05) is 29.8 Å². The lowest BCUT2D eigenvalue weighted by atomic mass is 10.1. The van der Waals surface area contributed by atoms with Crippen molar-refractivity contribution in [2.24, 2.45) is 0 Å². The van der Waals surface area contributed by atoms with E-state index in [1.165, 1.54) is 11.5 Å². The molecule has 0 radical (unpaired) electrons. The first kappa shape index (κ1) is 11.7. The molecule has 1 N–H and O–H groups in total. The Bertz CT molecular complexity index is 615. The number of nitrogens with zero attached hydrogens (tertiary/aromatic N) is 1. The molecule has 88 valence electrons. The highest BCUT2D eigenvalue weighted by molar-refractivity contribution is 6.35. The number of hydrogen-bond acceptors (Lipinski definition) is 2. The van der Waals surface area contributed by atoms with Crippen molar-refractivity contribution < 1.29 is 14.7 Å². The maximum atomic E-state index is 11.5. The number of hydrogen-bond donors (Lipinski definition) is 1. The molecule has 0 aliphatic rings. The van der Waals surface area contributed by atoms with Gasteiger partial charge in [-0.3, -0.25) is 9.59 Å². The van der Waals surface area contributed by atoms with Gasteiger partial charge in [0.2, 0.25) is 0 Å². The smallest absolute Gasteiger partial charge is 0.323 e. The number of carboxylic acid groups (broad SMARTS) is 1. The molecule has 0 unspecified atom stereocenters. The van der Waals surface area contributed by atoms with Gasteiger partial charge >= 0.3 is 5.97 Å². The minimum Gasteiger partial charge on any atom is -0.480 e. The third kappa shape index (κ3) is 1.91. The molecule has 2 rings (SSSR count). The number of aliphatic carboxylic acids is 1. The summed E-state index contributed by atoms with van der Waals surface area (Å²) in [6, 6.07) is 7.07. The van der Waals surface area contributed by atoms with Crippen molar-refractivity contribution >= 4 is 34.3 Å². The van der Waals surface area contributed by atoms with E-state index in [0.29, 0.717) is 16.5 Å². The summed E-state index contributed by atoms with van der Waals surface area (Å²) in [6.07, 6.45) is 0. The lowest BCUT2D eigenvalue weighted by molar-refractivity contribution is -0.137. The highest BCUT2D eigenvalue weighted by Gasteiger charge is 2.19. The fraction of sp³-hybridized carbons (Fsp3) is 0.167. The van der Waals surface area contributed by atoms with Crippen LogP contribution in [0.5, 0.6) is 0 Å². The molecule has 1 aromatic heterocycles. The molecule has 0 fully saturated rings. The Hall–Kier alpha value is -1.81. The molecule has 4 nitrogen and oxygen atoms in total. The van der Waals surface area contributed by atoms with Crippen LogP contribution in [-0.2, 0) is 11.3 Å². The Morgan fingerprint density at radius 1 is 1.35 bits per heavy atom. The van der Waals surface area contributed by atoms with Gasteiger partial charge in [0.05, 0.1) is 11.1 Å². The minimum atomic E-state index is -0.997. The summed E-state index contributed by atoms with van der Waals surface area (Å²) in [6.45, 7) is 1.16. The van der Waals surface area contributed by atoms with Gasteiger partial charge in [-0.25, -0.2) is 0 Å². The zero-order chi connectivity index (χ0) is 12.6. The molecule has 0 aliphatic heterocycles. The summed E-state index contributed by atoms with van der Waals surface area (Å²) in [5.74, 6) is -1.17. The number of fused-ring (bicyclic) bond motifs is 1. The first-order valence-electron chi connectivity index (χ1n) is 5.02. The largest absolute Gasteiger partial charge is 0.480 e. The van der Waals surface area contributed by atoms with Crippen LogP contribution in [0, 0.1) is 0 Å². The Morgan fingerprint density at radius 2 is 2.00 bits per heavy atom. The fourth-order valence-electron chi connectivity index (χ4n) is 1.90. The third-order valence-electron chi connectivity index (χ3n) is 2.55. The van der Waals surface area contributed by atoms with Crippen LogP contribution in [0.25, 0.3) is 10.9 Å². The summed E-state index contributed by atoms with van der Waals surface area (Å²) >= 11 is 6.07. The average molecular weight is 252 g/mol. The van der Waals surface area contributed by atoms with E-state index in [2.05, 4.69) is 0 Å². The quantitative estimate of drug-likeness (QED) is 0.853. The van der Waals surface area contributed by atoms with Gasteiger partial charge in [-0.15, -0.1) is 0 Å². The lowest BCUT2D eigenvalue weighted by Gasteiger charge is -2.02. The number of rotatable bonds is 3. The van der Waals surface area contributed by atoms with Crippen LogP contribution in [0.1, 0.15) is 17.3 Å². The van der Waals surface area contributed by atoms with Gasteiger partial charge < -0.3 is 9.67 Å². The van der Waals surface area contributed by atoms with Crippen molar-refractivity contribution in [2.45, 2.75) is 13.5 Å². The zero-order valence-corrected chi connectivity index (χ0v) is 9.86. The molecule has 0 amide bonds. The van der Waals surface area contributed by atoms with Crippen LogP contribution in [-0.4, -0.2) is 21.4 Å². The SMILES string of the molecule is CC(=O)c1c(Cl)n(CC(=O)O)c2ccccc12. The van der Waals surface area contributed by atoms with Crippen LogP contribution >= 0.6 is 11.6 Å². The van der Waals surface area contributed by atoms with Gasteiger partial charge in [0, 0.05) is 5.39 Å². The van der Waals surface area contributed by atoms with Crippen LogP contribution in [0.2, 0.25) is 5.15 Å². The van der Waals surface area contributed by atoms with E-state index < -0.39 is 5.97 Å². The number of Topliss-reactive ketones (excluding diaryl/α,β-unsaturated/α-hetero) is 1. The van der Waals surface area contributed by atoms with Gasteiger partial charge in [0.15, 0.2) is 5.78 Å². The van der Waals surface area contributed by atoms with E-state index >= 15 is 0 Å². The second kappa shape index (κ2) is 4.22. The number of benzene rings is 1. The highest BCUT2D eigenvalue weighted by Crippen LogP contribution is 2.30. The van der Waals surface area contributed by atoms with Gasteiger partial charge in [0.1, 0.15) is 11.7 Å². The Labute approximate surface area is 102 Å². The summed E-state index contributed by atoms with van der Waals surface area (Å²) in [5.41, 5.74) is 1.04. The van der Waals surface area contributed by atoms with Crippen molar-refractivity contribution in [3.05, 3.63) is 35.0 Å². The predicted molar refractivity (Wildman–Crippen MR) is 64.6 cm³/mol. The molecule has 0 saturated carbocycles. The first-order chi connectivity index (χ1) is 8.02. The standard InChI is InChI=1S/C12H10ClNO3/c1-7(15)11-8-4-2-3-5-9(8)14(12(11)13)6-10(16)17/h2-5H,6H2,1H3,(H,16,17). The number of carbonyl (C=O) groups excluding carboxylic acids is 1. The highest BCUT2D eigenvalue weighted by atomic mass is 35.5. The second-order valence-corrected chi connectivity index (χ2v) is 4.08. The molecule has 1 heterocycles. The summed E-state index contributed by atoms with van der Waals surface area (Å²) in [5, 5.41) is 9.70. The number of carbonyl (C=O) groups is 2. The van der Waals surface area contributed by atoms with E-state index in [4.69, 9.17) is 16.7 Å². The summed E-state index contributed by atoms with van der Waals surface area (Å²) in [4.78, 5) is 22.3. The van der Waals surface area contributed by atoms with E-state index in [9.17, 15) is 9.59 Å². The van der Waals surface area contributed by atoms with Crippen molar-refractivity contribution in [1.29, 1.82) is 0 Å². The molecule has 17 heavy (non-hydrogen) atoms. The van der Waals surface area contributed by atoms with Crippen molar-refractivity contribution in [3.63, 3.8) is 0 Å². The van der Waals surface area contributed by atoms with E-state index in [1.54, 1.807) is 24.3 Å². The number of ketones is 1. The maximum Gasteiger partial charge on any atom is 0.323 e. The Balaban J connectivity index is 2.79. The van der Waals surface area contributed by atoms with Crippen LogP contribution in [0.15, 0.2) is 24.3 Å². The molecular weight excluding hydrogens is 242 g/mol. The molecular formula is C12H10ClNO3. The number of para-hydroxylation sites is 1. The molecule has 0 aliphatic carbocycles. The molecule has 0 saturated heterocycles. The Morgan fingerprint density at radius 3 is 2.59 bits per heavy atom. The van der Waals surface area contributed by atoms with Crippen LogP contribution in [0.3, 0.4) is 0 Å². The molecule has 0 spiro atoms. The summed E-state index contributed by atoms with van der Waals surface area (Å²) < 4.78 is 1.43. The van der Waals surface area contributed by atoms with Crippen LogP contribution < -0.4 is 0 Å². The molecule has 0 bridgehead atoms. The van der Waals surface area contributed by atoms with Gasteiger partial charge in [0.25, 0.3) is 0 Å². The van der Waals surface area contributed by atoms with E-state index in [-0.39, 0.29) is 17.5 Å². The van der Waals surface area contributed by atoms with Gasteiger partial charge in [-0.2, -0.15) is 0 Å². The zero-order valence-electron chi connectivity index (χ0n) is 9.11. The first-order valence-corrected chi connectivity index (χ1v) is 5.39. The van der Waals surface area contributed by atoms with Crippen molar-refractivity contribution in [2.75, 3.05) is 0 Å². The minimum absolute atomic E-state index is 0.171. The number of carboxylic acids is 1. The van der Waals surface area contributed by atoms with Gasteiger partial charge in [-0.05, 0) is 13.0 Å². The topological polar surface area (TPSA) is 59.3 Å². The average Bonchev–Trinajstić information content (AvgIpc) is 2.52. The van der Waals surface area contributed by atoms with E-state index in [0.717, 1.165) is 0 Å². The predicted octanol–water partition coefficient (Wildman–Crippen LogP) is 2.58. The number of halogens is 1. The normalized spacial score (nSPS) is 10.7. The summed E-state index contributed by atoms with van der Waals surface area (Å²) in [7, 11) is 0. The molecule has 0 atom stereocenters. The third-order valence-corrected chi connectivity index (χ3v) is 2.95. The van der Waals surface area contributed by atoms with Crippen molar-refractivity contribution in [3.8, 4) is 0 Å². The molecule has 5 heteroatoms. The van der Waals surface area contributed by atoms with Crippen molar-refractivity contribution in [1.82, 2.24) is 4.57 Å². The molecule has 2 aromatic rings. The van der Waals surface area contributed by atoms with E-state index in [1.807, 2.05) is 0 Å². The fourth-order valence-corrected chi connectivity index (χ4v) is 2.28. The monoisotopic (exact) mass is 251 g/mol. The molecule has 1 aromatic carbocycles. The number of aromatic nitrogens is 1. The second-order valence-electron chi connectivity index (χ2n) is 3.72. The Kier molecular flexibility index (Phi) is 2.90. The van der Waals surface area contributed by atoms with Crippen LogP contribution in [0.4, 0.5) is 0 Å². The maximum absolute atomic E-state index is 11.5. The lowest BCUT2D eigenvalue weighted by Crippen LogP contribution is -2.08.